The number of aromatic nitrogens is 2. The minimum atomic E-state index is -0.637. The summed E-state index contributed by atoms with van der Waals surface area (Å²) in [6.07, 6.45) is 1.64. The summed E-state index contributed by atoms with van der Waals surface area (Å²) in [4.78, 5) is 41.6. The fraction of sp³-hybridized carbons (Fsp3) is 0.333. The van der Waals surface area contributed by atoms with E-state index < -0.39 is 18.5 Å². The van der Waals surface area contributed by atoms with Gasteiger partial charge >= 0.3 is 5.97 Å². The van der Waals surface area contributed by atoms with E-state index >= 15 is 0 Å². The Morgan fingerprint density at radius 2 is 1.87 bits per heavy atom. The van der Waals surface area contributed by atoms with E-state index in [0.717, 1.165) is 24.2 Å². The number of ether oxygens (including phenoxy) is 1. The quantitative estimate of drug-likeness (QED) is 0.655. The molecule has 0 fully saturated rings. The summed E-state index contributed by atoms with van der Waals surface area (Å²) in [5.74, 6) is -0.325. The van der Waals surface area contributed by atoms with E-state index in [0.29, 0.717) is 23.1 Å². The van der Waals surface area contributed by atoms with Gasteiger partial charge in [-0.2, -0.15) is 0 Å². The first-order chi connectivity index (χ1) is 14.7. The van der Waals surface area contributed by atoms with Crippen LogP contribution in [0.5, 0.6) is 0 Å². The number of hydrogen-bond donors (Lipinski definition) is 1. The topological polar surface area (TPSA) is 90.3 Å². The molecule has 0 aliphatic carbocycles. The Kier molecular flexibility index (Phi) is 5.35. The number of carbonyl (C=O) groups excluding carboxylic acids is 2. The molecule has 7 heteroatoms. The highest BCUT2D eigenvalue weighted by atomic mass is 16.5. The van der Waals surface area contributed by atoms with Gasteiger partial charge in [0.25, 0.3) is 11.5 Å². The number of esters is 1. The van der Waals surface area contributed by atoms with Crippen LogP contribution in [0, 0.1) is 0 Å². The van der Waals surface area contributed by atoms with Crippen molar-refractivity contribution in [1.82, 2.24) is 9.55 Å². The molecule has 1 N–H and O–H groups in total. The van der Waals surface area contributed by atoms with Crippen molar-refractivity contribution in [3.63, 3.8) is 0 Å². The summed E-state index contributed by atoms with van der Waals surface area (Å²) >= 11 is 0. The molecule has 1 aliphatic rings. The molecule has 0 bridgehead atoms. The van der Waals surface area contributed by atoms with Crippen LogP contribution in [-0.2, 0) is 27.9 Å². The Morgan fingerprint density at radius 3 is 2.58 bits per heavy atom. The zero-order chi connectivity index (χ0) is 22.2. The Balaban J connectivity index is 1.40. The minimum Gasteiger partial charge on any atom is -0.452 e. The van der Waals surface area contributed by atoms with Gasteiger partial charge in [-0.3, -0.25) is 14.2 Å². The lowest BCUT2D eigenvalue weighted by Gasteiger charge is -2.19. The molecule has 0 atom stereocenters. The summed E-state index contributed by atoms with van der Waals surface area (Å²) in [5.41, 5.74) is 2.46. The van der Waals surface area contributed by atoms with Gasteiger partial charge in [-0.05, 0) is 47.7 Å². The molecule has 7 nitrogen and oxygen atoms in total. The predicted molar refractivity (Wildman–Crippen MR) is 118 cm³/mol. The van der Waals surface area contributed by atoms with Crippen LogP contribution in [-0.4, -0.2) is 28.0 Å². The number of fused-ring (bicyclic) bond motifs is 2. The fourth-order valence-electron chi connectivity index (χ4n) is 3.68. The van der Waals surface area contributed by atoms with Gasteiger partial charge < -0.3 is 10.1 Å². The van der Waals surface area contributed by atoms with Gasteiger partial charge in [0.05, 0.1) is 16.5 Å². The molecular weight excluding hydrogens is 394 g/mol. The molecule has 160 valence electrons. The molecule has 2 aromatic carbocycles. The molecule has 4 rings (SSSR count). The summed E-state index contributed by atoms with van der Waals surface area (Å²) in [6.45, 7) is 6.62. The van der Waals surface area contributed by atoms with Crippen molar-refractivity contribution in [2.45, 2.75) is 45.6 Å². The maximum atomic E-state index is 12.5. The lowest BCUT2D eigenvalue weighted by molar-refractivity contribution is -0.119. The Bertz CT molecular complexity index is 1220. The largest absolute Gasteiger partial charge is 0.452 e. The summed E-state index contributed by atoms with van der Waals surface area (Å²) < 4.78 is 6.83. The molecule has 1 aliphatic heterocycles. The molecule has 1 amide bonds. The third-order valence-corrected chi connectivity index (χ3v) is 5.42. The number of aryl methyl sites for hydroxylation is 1. The van der Waals surface area contributed by atoms with E-state index in [1.54, 1.807) is 16.7 Å². The molecule has 31 heavy (non-hydrogen) atoms. The molecule has 0 radical (unpaired) electrons. The number of rotatable bonds is 4. The second-order valence-corrected chi connectivity index (χ2v) is 8.77. The number of hydrogen-bond acceptors (Lipinski definition) is 5. The highest BCUT2D eigenvalue weighted by Gasteiger charge is 2.18. The smallest absolute Gasteiger partial charge is 0.338 e. The highest BCUT2D eigenvalue weighted by Crippen LogP contribution is 2.23. The van der Waals surface area contributed by atoms with Crippen LogP contribution < -0.4 is 10.9 Å². The first kappa shape index (κ1) is 20.8. The van der Waals surface area contributed by atoms with Gasteiger partial charge in [-0.15, -0.1) is 0 Å². The third kappa shape index (κ3) is 4.35. The van der Waals surface area contributed by atoms with Gasteiger partial charge in [0.1, 0.15) is 5.82 Å². The average molecular weight is 419 g/mol. The monoisotopic (exact) mass is 419 g/mol. The van der Waals surface area contributed by atoms with Crippen LogP contribution in [0.4, 0.5) is 5.69 Å². The number of anilines is 1. The van der Waals surface area contributed by atoms with Crippen molar-refractivity contribution in [2.75, 3.05) is 11.9 Å². The van der Waals surface area contributed by atoms with Gasteiger partial charge in [0.2, 0.25) is 0 Å². The maximum absolute atomic E-state index is 12.5. The van der Waals surface area contributed by atoms with Crippen molar-refractivity contribution in [3.05, 3.63) is 69.8 Å². The number of nitrogens with one attached hydrogen (secondary N) is 1. The first-order valence-corrected chi connectivity index (χ1v) is 10.3. The fourth-order valence-corrected chi connectivity index (χ4v) is 3.68. The summed E-state index contributed by atoms with van der Waals surface area (Å²) in [5, 5.41) is 3.19. The molecule has 0 unspecified atom stereocenters. The van der Waals surface area contributed by atoms with Crippen molar-refractivity contribution in [2.24, 2.45) is 0 Å². The molecule has 0 saturated heterocycles. The second kappa shape index (κ2) is 7.98. The summed E-state index contributed by atoms with van der Waals surface area (Å²) in [6, 6.07) is 12.2. The standard InChI is InChI=1S/C24H25N3O4/c1-24(2,3)16-7-9-17(10-8-16)25-21(28)14-31-23(30)15-6-11-18-19(13-15)26-20-5-4-12-27(20)22(18)29/h6-11,13H,4-5,12,14H2,1-3H3,(H,25,28). The Labute approximate surface area is 180 Å². The van der Waals surface area contributed by atoms with Crippen molar-refractivity contribution >= 4 is 28.5 Å². The third-order valence-electron chi connectivity index (χ3n) is 5.42. The van der Waals surface area contributed by atoms with Crippen LogP contribution in [0.15, 0.2) is 47.3 Å². The molecule has 3 aromatic rings. The van der Waals surface area contributed by atoms with E-state index in [1.807, 2.05) is 24.3 Å². The number of nitrogens with zero attached hydrogens (tertiary/aromatic N) is 2. The van der Waals surface area contributed by atoms with Crippen molar-refractivity contribution in [1.29, 1.82) is 0 Å². The zero-order valence-corrected chi connectivity index (χ0v) is 17.9. The zero-order valence-electron chi connectivity index (χ0n) is 17.9. The molecule has 1 aromatic heterocycles. The van der Waals surface area contributed by atoms with Crippen molar-refractivity contribution in [3.8, 4) is 0 Å². The van der Waals surface area contributed by atoms with Crippen molar-refractivity contribution < 1.29 is 14.3 Å². The normalized spacial score (nSPS) is 13.1. The van der Waals surface area contributed by atoms with Crippen LogP contribution in [0.25, 0.3) is 10.9 Å². The maximum Gasteiger partial charge on any atom is 0.338 e. The van der Waals surface area contributed by atoms with E-state index in [1.165, 1.54) is 6.07 Å². The second-order valence-electron chi connectivity index (χ2n) is 8.77. The molecule has 0 saturated carbocycles. The Hall–Kier alpha value is -3.48. The van der Waals surface area contributed by atoms with E-state index in [-0.39, 0.29) is 16.5 Å². The van der Waals surface area contributed by atoms with Crippen LogP contribution in [0.1, 0.15) is 48.9 Å². The molecular formula is C24H25N3O4. The Morgan fingerprint density at radius 1 is 1.13 bits per heavy atom. The van der Waals surface area contributed by atoms with E-state index in [9.17, 15) is 14.4 Å². The van der Waals surface area contributed by atoms with Gasteiger partial charge in [-0.25, -0.2) is 9.78 Å². The van der Waals surface area contributed by atoms with Crippen LogP contribution >= 0.6 is 0 Å². The van der Waals surface area contributed by atoms with Crippen LogP contribution in [0.2, 0.25) is 0 Å². The number of amides is 1. The molecule has 2 heterocycles. The number of carbonyl (C=O) groups is 2. The first-order valence-electron chi connectivity index (χ1n) is 10.3. The summed E-state index contributed by atoms with van der Waals surface area (Å²) in [7, 11) is 0. The lowest BCUT2D eigenvalue weighted by atomic mass is 9.87. The SMILES string of the molecule is CC(C)(C)c1ccc(NC(=O)COC(=O)c2ccc3c(=O)n4c(nc3c2)CCC4)cc1. The highest BCUT2D eigenvalue weighted by molar-refractivity contribution is 5.97. The molecule has 0 spiro atoms. The van der Waals surface area contributed by atoms with Crippen LogP contribution in [0.3, 0.4) is 0 Å². The predicted octanol–water partition coefficient (Wildman–Crippen LogP) is 3.44. The van der Waals surface area contributed by atoms with Gasteiger partial charge in [0.15, 0.2) is 6.61 Å². The van der Waals surface area contributed by atoms with E-state index in [2.05, 4.69) is 31.1 Å². The van der Waals surface area contributed by atoms with E-state index in [4.69, 9.17) is 4.74 Å². The lowest BCUT2D eigenvalue weighted by Crippen LogP contribution is -2.22. The van der Waals surface area contributed by atoms with Gasteiger partial charge in [0, 0.05) is 18.7 Å². The minimum absolute atomic E-state index is 0.0262. The average Bonchev–Trinajstić information content (AvgIpc) is 3.20. The van der Waals surface area contributed by atoms with Gasteiger partial charge in [-0.1, -0.05) is 32.9 Å². The number of benzene rings is 2.